The number of pyridine rings is 1. The zero-order valence-electron chi connectivity index (χ0n) is 13.6. The van der Waals surface area contributed by atoms with Gasteiger partial charge in [-0.05, 0) is 35.9 Å². The van der Waals surface area contributed by atoms with Crippen molar-refractivity contribution in [1.29, 1.82) is 0 Å². The Morgan fingerprint density at radius 3 is 2.67 bits per heavy atom. The van der Waals surface area contributed by atoms with Gasteiger partial charge in [-0.25, -0.2) is 4.98 Å². The molecule has 0 fully saturated rings. The van der Waals surface area contributed by atoms with E-state index in [2.05, 4.69) is 9.97 Å². The van der Waals surface area contributed by atoms with Crippen molar-refractivity contribution in [3.05, 3.63) is 86.4 Å². The predicted molar refractivity (Wildman–Crippen MR) is 102 cm³/mol. The van der Waals surface area contributed by atoms with Crippen LogP contribution in [0.3, 0.4) is 0 Å². The van der Waals surface area contributed by atoms with Crippen LogP contribution >= 0.6 is 22.9 Å². The summed E-state index contributed by atoms with van der Waals surface area (Å²) in [5.74, 6) is -0.359. The highest BCUT2D eigenvalue weighted by atomic mass is 35.5. The molecule has 4 heterocycles. The van der Waals surface area contributed by atoms with Crippen LogP contribution < -0.4 is 10.3 Å². The molecule has 4 aromatic rings. The van der Waals surface area contributed by atoms with E-state index in [1.54, 1.807) is 54.3 Å². The summed E-state index contributed by atoms with van der Waals surface area (Å²) >= 11 is 7.38. The van der Waals surface area contributed by atoms with E-state index < -0.39 is 11.9 Å². The molecule has 1 amide bonds. The number of fused-ring (bicyclic) bond motifs is 2. The van der Waals surface area contributed by atoms with Crippen molar-refractivity contribution in [1.82, 2.24) is 9.97 Å². The van der Waals surface area contributed by atoms with E-state index in [9.17, 15) is 9.59 Å². The number of anilines is 1. The van der Waals surface area contributed by atoms with Gasteiger partial charge in [-0.2, -0.15) is 0 Å². The third-order valence-electron chi connectivity index (χ3n) is 4.48. The molecule has 1 unspecified atom stereocenters. The van der Waals surface area contributed by atoms with E-state index in [-0.39, 0.29) is 16.8 Å². The number of hydrogen-bond donors (Lipinski definition) is 0. The zero-order chi connectivity index (χ0) is 18.5. The van der Waals surface area contributed by atoms with Gasteiger partial charge in [0.15, 0.2) is 10.6 Å². The number of nitrogens with zero attached hydrogens (tertiary/aromatic N) is 3. The molecule has 6 nitrogen and oxygen atoms in total. The lowest BCUT2D eigenvalue weighted by Gasteiger charge is -2.22. The van der Waals surface area contributed by atoms with Crippen molar-refractivity contribution in [2.45, 2.75) is 6.04 Å². The molecule has 3 aromatic heterocycles. The second-order valence-electron chi connectivity index (χ2n) is 5.99. The van der Waals surface area contributed by atoms with Gasteiger partial charge >= 0.3 is 0 Å². The number of carbonyl (C=O) groups excluding carboxylic acids is 1. The Hall–Kier alpha value is -3.03. The fourth-order valence-electron chi connectivity index (χ4n) is 3.34. The zero-order valence-corrected chi connectivity index (χ0v) is 15.2. The molecule has 0 radical (unpaired) electrons. The number of thiazole rings is 1. The van der Waals surface area contributed by atoms with Gasteiger partial charge in [-0.1, -0.05) is 11.6 Å². The van der Waals surface area contributed by atoms with Crippen molar-refractivity contribution in [2.24, 2.45) is 0 Å². The van der Waals surface area contributed by atoms with Gasteiger partial charge in [0.1, 0.15) is 5.58 Å². The maximum Gasteiger partial charge on any atom is 0.297 e. The van der Waals surface area contributed by atoms with Gasteiger partial charge < -0.3 is 4.42 Å². The molecule has 132 valence electrons. The van der Waals surface area contributed by atoms with Gasteiger partial charge in [0.05, 0.1) is 17.0 Å². The molecular weight excluding hydrogens is 386 g/mol. The van der Waals surface area contributed by atoms with E-state index in [1.165, 1.54) is 16.2 Å². The molecule has 1 atom stereocenters. The molecule has 0 N–H and O–H groups in total. The highest BCUT2D eigenvalue weighted by molar-refractivity contribution is 7.13. The first-order chi connectivity index (χ1) is 13.1. The monoisotopic (exact) mass is 395 g/mol. The number of amides is 1. The average Bonchev–Trinajstić information content (AvgIpc) is 3.30. The summed E-state index contributed by atoms with van der Waals surface area (Å²) in [6.45, 7) is 0. The number of aromatic nitrogens is 2. The van der Waals surface area contributed by atoms with Gasteiger partial charge in [-0.3, -0.25) is 19.5 Å². The fourth-order valence-corrected chi connectivity index (χ4v) is 4.18. The lowest BCUT2D eigenvalue weighted by molar-refractivity contribution is 0.0971. The Labute approximate surface area is 161 Å². The summed E-state index contributed by atoms with van der Waals surface area (Å²) in [5, 5.41) is 3.04. The van der Waals surface area contributed by atoms with E-state index >= 15 is 0 Å². The predicted octanol–water partition coefficient (Wildman–Crippen LogP) is 4.05. The van der Waals surface area contributed by atoms with Crippen molar-refractivity contribution >= 4 is 44.9 Å². The fraction of sp³-hybridized carbons (Fsp3) is 0.0526. The Balaban J connectivity index is 1.85. The number of rotatable bonds is 2. The molecule has 0 spiro atoms. The SMILES string of the molecule is O=C1c2oc3ccc(Cl)cc3c(=O)c2C(c2ccncc2)N1c1nccs1. The van der Waals surface area contributed by atoms with Gasteiger partial charge in [-0.15, -0.1) is 11.3 Å². The topological polar surface area (TPSA) is 76.3 Å². The molecule has 0 aliphatic carbocycles. The molecule has 5 rings (SSSR count). The molecule has 8 heteroatoms. The number of hydrogen-bond acceptors (Lipinski definition) is 6. The summed E-state index contributed by atoms with van der Waals surface area (Å²) < 4.78 is 5.84. The Morgan fingerprint density at radius 1 is 1.11 bits per heavy atom. The van der Waals surface area contributed by atoms with E-state index in [1.807, 2.05) is 0 Å². The quantitative estimate of drug-likeness (QED) is 0.511. The average molecular weight is 396 g/mol. The number of halogens is 1. The molecule has 27 heavy (non-hydrogen) atoms. The van der Waals surface area contributed by atoms with Crippen LogP contribution in [0.25, 0.3) is 11.0 Å². The van der Waals surface area contributed by atoms with Crippen LogP contribution in [-0.4, -0.2) is 15.9 Å². The van der Waals surface area contributed by atoms with E-state index in [4.69, 9.17) is 16.0 Å². The molecule has 1 aliphatic heterocycles. The minimum atomic E-state index is -0.638. The molecular formula is C19H10ClN3O3S. The summed E-state index contributed by atoms with van der Waals surface area (Å²) in [4.78, 5) is 36.2. The molecule has 0 saturated heterocycles. The number of carbonyl (C=O) groups is 1. The van der Waals surface area contributed by atoms with Crippen molar-refractivity contribution in [2.75, 3.05) is 4.90 Å². The molecule has 0 saturated carbocycles. The van der Waals surface area contributed by atoms with Crippen LogP contribution in [0.2, 0.25) is 5.02 Å². The lowest BCUT2D eigenvalue weighted by atomic mass is 10.00. The second kappa shape index (κ2) is 6.00. The van der Waals surface area contributed by atoms with Crippen LogP contribution in [0, 0.1) is 0 Å². The molecule has 1 aromatic carbocycles. The Morgan fingerprint density at radius 2 is 1.93 bits per heavy atom. The summed E-state index contributed by atoms with van der Waals surface area (Å²) in [6, 6.07) is 7.69. The standard InChI is InChI=1S/C19H10ClN3O3S/c20-11-1-2-13-12(9-11)16(24)14-15(10-3-5-21-6-4-10)23(18(25)17(14)26-13)19-22-7-8-27-19/h1-9,15H. The summed E-state index contributed by atoms with van der Waals surface area (Å²) in [6.07, 6.45) is 4.86. The minimum absolute atomic E-state index is 0.0341. The minimum Gasteiger partial charge on any atom is -0.450 e. The van der Waals surface area contributed by atoms with Crippen molar-refractivity contribution in [3.8, 4) is 0 Å². The first-order valence-corrected chi connectivity index (χ1v) is 9.30. The maximum atomic E-state index is 13.3. The van der Waals surface area contributed by atoms with Gasteiger partial charge in [0.25, 0.3) is 5.91 Å². The Bertz CT molecular complexity index is 1240. The van der Waals surface area contributed by atoms with E-state index in [0.717, 1.165) is 5.56 Å². The number of benzene rings is 1. The van der Waals surface area contributed by atoms with E-state index in [0.29, 0.717) is 21.1 Å². The Kier molecular flexibility index (Phi) is 3.60. The van der Waals surface area contributed by atoms with Crippen LogP contribution in [0.15, 0.2) is 63.5 Å². The third kappa shape index (κ3) is 2.39. The van der Waals surface area contributed by atoms with Crippen molar-refractivity contribution < 1.29 is 9.21 Å². The molecule has 1 aliphatic rings. The maximum absolute atomic E-state index is 13.3. The van der Waals surface area contributed by atoms with Crippen LogP contribution in [0.4, 0.5) is 5.13 Å². The van der Waals surface area contributed by atoms with Gasteiger partial charge in [0, 0.05) is 29.0 Å². The van der Waals surface area contributed by atoms with Crippen molar-refractivity contribution in [3.63, 3.8) is 0 Å². The highest BCUT2D eigenvalue weighted by Gasteiger charge is 2.44. The normalized spacial score (nSPS) is 16.1. The van der Waals surface area contributed by atoms with Crippen LogP contribution in [-0.2, 0) is 0 Å². The highest BCUT2D eigenvalue weighted by Crippen LogP contribution is 2.41. The van der Waals surface area contributed by atoms with Crippen LogP contribution in [0.5, 0.6) is 0 Å². The largest absolute Gasteiger partial charge is 0.450 e. The first kappa shape index (κ1) is 16.2. The first-order valence-electron chi connectivity index (χ1n) is 8.04. The molecule has 0 bridgehead atoms. The summed E-state index contributed by atoms with van der Waals surface area (Å²) in [7, 11) is 0. The summed E-state index contributed by atoms with van der Waals surface area (Å²) in [5.41, 5.74) is 1.09. The lowest BCUT2D eigenvalue weighted by Crippen LogP contribution is -2.29. The van der Waals surface area contributed by atoms with Crippen LogP contribution in [0.1, 0.15) is 27.7 Å². The smallest absolute Gasteiger partial charge is 0.297 e. The third-order valence-corrected chi connectivity index (χ3v) is 5.49. The second-order valence-corrected chi connectivity index (χ2v) is 7.30. The van der Waals surface area contributed by atoms with Gasteiger partial charge in [0.2, 0.25) is 5.76 Å².